The topological polar surface area (TPSA) is 43.1 Å². The van der Waals surface area contributed by atoms with Gasteiger partial charge in [-0.3, -0.25) is 4.79 Å². The molecule has 2 N–H and O–H groups in total. The molecule has 4 heteroatoms. The number of benzene rings is 1. The van der Waals surface area contributed by atoms with Crippen molar-refractivity contribution in [3.63, 3.8) is 0 Å². The number of ketones is 1. The van der Waals surface area contributed by atoms with Crippen LogP contribution < -0.4 is 5.73 Å². The lowest BCUT2D eigenvalue weighted by atomic mass is 9.94. The first kappa shape index (κ1) is 10.8. The molecule has 1 aromatic rings. The molecule has 0 radical (unpaired) electrons. The lowest BCUT2D eigenvalue weighted by Gasteiger charge is -2.16. The van der Waals surface area contributed by atoms with Gasteiger partial charge in [0.05, 0.1) is 5.54 Å². The highest BCUT2D eigenvalue weighted by Crippen LogP contribution is 2.13. The number of hydrogen-bond donors (Lipinski definition) is 1. The van der Waals surface area contributed by atoms with Gasteiger partial charge < -0.3 is 5.73 Å². The molecule has 0 bridgehead atoms. The van der Waals surface area contributed by atoms with Crippen molar-refractivity contribution in [2.45, 2.75) is 19.4 Å². The predicted molar refractivity (Wildman–Crippen MR) is 49.0 cm³/mol. The van der Waals surface area contributed by atoms with Crippen molar-refractivity contribution in [2.24, 2.45) is 5.73 Å². The Morgan fingerprint density at radius 2 is 1.86 bits per heavy atom. The molecule has 1 rings (SSSR count). The fourth-order valence-corrected chi connectivity index (χ4v) is 1.01. The Balaban J connectivity index is 3.10. The van der Waals surface area contributed by atoms with Crippen molar-refractivity contribution < 1.29 is 13.6 Å². The molecule has 0 saturated heterocycles. The molecule has 0 heterocycles. The summed E-state index contributed by atoms with van der Waals surface area (Å²) in [4.78, 5) is 11.5. The molecular formula is C10H11F2NO. The number of carbonyl (C=O) groups is 1. The van der Waals surface area contributed by atoms with Gasteiger partial charge in [0.2, 0.25) is 0 Å². The van der Waals surface area contributed by atoms with E-state index in [4.69, 9.17) is 5.73 Å². The number of halogens is 2. The van der Waals surface area contributed by atoms with E-state index >= 15 is 0 Å². The van der Waals surface area contributed by atoms with Crippen LogP contribution in [0.5, 0.6) is 0 Å². The third-order valence-corrected chi connectivity index (χ3v) is 1.77. The highest BCUT2D eigenvalue weighted by molar-refractivity contribution is 6.02. The number of rotatable bonds is 2. The molecule has 0 aromatic heterocycles. The van der Waals surface area contributed by atoms with E-state index in [1.54, 1.807) is 0 Å². The second kappa shape index (κ2) is 3.46. The van der Waals surface area contributed by atoms with Gasteiger partial charge in [-0.05, 0) is 32.0 Å². The predicted octanol–water partition coefficient (Wildman–Crippen LogP) is 1.88. The molecule has 0 amide bonds. The summed E-state index contributed by atoms with van der Waals surface area (Å²) >= 11 is 0. The maximum atomic E-state index is 12.8. The first-order valence-electron chi connectivity index (χ1n) is 4.11. The zero-order valence-electron chi connectivity index (χ0n) is 7.97. The van der Waals surface area contributed by atoms with Gasteiger partial charge in [0.25, 0.3) is 0 Å². The zero-order chi connectivity index (χ0) is 10.9. The number of Topliss-reactive ketones (excluding diaryl/α,β-unsaturated/α-hetero) is 1. The Morgan fingerprint density at radius 3 is 2.29 bits per heavy atom. The molecule has 0 saturated carbocycles. The van der Waals surface area contributed by atoms with Gasteiger partial charge >= 0.3 is 0 Å². The summed E-state index contributed by atoms with van der Waals surface area (Å²) in [5.41, 5.74) is 4.53. The minimum Gasteiger partial charge on any atom is -0.319 e. The summed E-state index contributed by atoms with van der Waals surface area (Å²) in [6.45, 7) is 3.02. The second-order valence-corrected chi connectivity index (χ2v) is 3.68. The Labute approximate surface area is 80.7 Å². The quantitative estimate of drug-likeness (QED) is 0.739. The zero-order valence-corrected chi connectivity index (χ0v) is 7.97. The minimum atomic E-state index is -1.08. The van der Waals surface area contributed by atoms with Crippen LogP contribution >= 0.6 is 0 Å². The van der Waals surface area contributed by atoms with E-state index in [9.17, 15) is 13.6 Å². The fraction of sp³-hybridized carbons (Fsp3) is 0.300. The second-order valence-electron chi connectivity index (χ2n) is 3.68. The molecule has 1 aromatic carbocycles. The maximum absolute atomic E-state index is 12.8. The third-order valence-electron chi connectivity index (χ3n) is 1.77. The molecule has 0 aliphatic carbocycles. The Kier molecular flexibility index (Phi) is 2.66. The van der Waals surface area contributed by atoms with Crippen molar-refractivity contribution >= 4 is 5.78 Å². The SMILES string of the molecule is CC(C)(N)C(=O)c1ccc(F)c(F)c1. The van der Waals surface area contributed by atoms with Gasteiger partial charge in [0, 0.05) is 5.56 Å². The summed E-state index contributed by atoms with van der Waals surface area (Å²) in [5, 5.41) is 0. The Morgan fingerprint density at radius 1 is 1.29 bits per heavy atom. The molecule has 0 aliphatic rings. The summed E-state index contributed by atoms with van der Waals surface area (Å²) in [7, 11) is 0. The average molecular weight is 199 g/mol. The van der Waals surface area contributed by atoms with Crippen LogP contribution in [0.4, 0.5) is 8.78 Å². The van der Waals surface area contributed by atoms with Crippen molar-refractivity contribution in [1.29, 1.82) is 0 Å². The van der Waals surface area contributed by atoms with E-state index in [2.05, 4.69) is 0 Å². The fourth-order valence-electron chi connectivity index (χ4n) is 1.01. The largest absolute Gasteiger partial charge is 0.319 e. The van der Waals surface area contributed by atoms with E-state index in [-0.39, 0.29) is 5.56 Å². The maximum Gasteiger partial charge on any atom is 0.182 e. The van der Waals surface area contributed by atoms with E-state index in [0.29, 0.717) is 0 Å². The van der Waals surface area contributed by atoms with Crippen LogP contribution in [0.25, 0.3) is 0 Å². The highest BCUT2D eigenvalue weighted by Gasteiger charge is 2.24. The summed E-state index contributed by atoms with van der Waals surface area (Å²) in [5.74, 6) is -2.44. The first-order chi connectivity index (χ1) is 6.32. The lowest BCUT2D eigenvalue weighted by molar-refractivity contribution is 0.0913. The summed E-state index contributed by atoms with van der Waals surface area (Å²) < 4.78 is 25.3. The first-order valence-corrected chi connectivity index (χ1v) is 4.11. The van der Waals surface area contributed by atoms with Crippen LogP contribution in [0, 0.1) is 11.6 Å². The van der Waals surface area contributed by atoms with E-state index < -0.39 is 23.0 Å². The summed E-state index contributed by atoms with van der Waals surface area (Å²) in [6, 6.07) is 2.98. The molecule has 14 heavy (non-hydrogen) atoms. The molecule has 76 valence electrons. The molecule has 0 spiro atoms. The smallest absolute Gasteiger partial charge is 0.182 e. The highest BCUT2D eigenvalue weighted by atomic mass is 19.2. The van der Waals surface area contributed by atoms with Crippen LogP contribution in [0.2, 0.25) is 0 Å². The number of nitrogens with two attached hydrogens (primary N) is 1. The van der Waals surface area contributed by atoms with Crippen molar-refractivity contribution in [1.82, 2.24) is 0 Å². The van der Waals surface area contributed by atoms with Gasteiger partial charge in [-0.25, -0.2) is 8.78 Å². The molecule has 0 unspecified atom stereocenters. The van der Waals surface area contributed by atoms with Crippen LogP contribution in [0.1, 0.15) is 24.2 Å². The molecule has 0 aliphatic heterocycles. The third kappa shape index (κ3) is 2.14. The van der Waals surface area contributed by atoms with Gasteiger partial charge in [-0.2, -0.15) is 0 Å². The van der Waals surface area contributed by atoms with Gasteiger partial charge in [0.15, 0.2) is 17.4 Å². The van der Waals surface area contributed by atoms with Crippen LogP contribution in [0.15, 0.2) is 18.2 Å². The van der Waals surface area contributed by atoms with Crippen LogP contribution in [-0.4, -0.2) is 11.3 Å². The lowest BCUT2D eigenvalue weighted by Crippen LogP contribution is -2.41. The normalized spacial score (nSPS) is 11.5. The van der Waals surface area contributed by atoms with Gasteiger partial charge in [0.1, 0.15) is 0 Å². The molecule has 0 atom stereocenters. The molecule has 0 fully saturated rings. The monoisotopic (exact) mass is 199 g/mol. The summed E-state index contributed by atoms with van der Waals surface area (Å²) in [6.07, 6.45) is 0. The van der Waals surface area contributed by atoms with Crippen molar-refractivity contribution in [3.05, 3.63) is 35.4 Å². The Bertz CT molecular complexity index is 369. The van der Waals surface area contributed by atoms with E-state index in [1.807, 2.05) is 0 Å². The minimum absolute atomic E-state index is 0.0800. The van der Waals surface area contributed by atoms with Gasteiger partial charge in [-0.15, -0.1) is 0 Å². The number of carbonyl (C=O) groups excluding carboxylic acids is 1. The Hall–Kier alpha value is -1.29. The molecular weight excluding hydrogens is 188 g/mol. The van der Waals surface area contributed by atoms with Crippen molar-refractivity contribution in [2.75, 3.05) is 0 Å². The molecule has 2 nitrogen and oxygen atoms in total. The standard InChI is InChI=1S/C10H11F2NO/c1-10(2,13)9(14)6-3-4-7(11)8(12)5-6/h3-5H,13H2,1-2H3. The van der Waals surface area contributed by atoms with Crippen LogP contribution in [-0.2, 0) is 0 Å². The van der Waals surface area contributed by atoms with Crippen LogP contribution in [0.3, 0.4) is 0 Å². The van der Waals surface area contributed by atoms with Gasteiger partial charge in [-0.1, -0.05) is 0 Å². The average Bonchev–Trinajstić information content (AvgIpc) is 2.07. The van der Waals surface area contributed by atoms with E-state index in [0.717, 1.165) is 12.1 Å². The van der Waals surface area contributed by atoms with E-state index in [1.165, 1.54) is 19.9 Å². The number of hydrogen-bond acceptors (Lipinski definition) is 2. The van der Waals surface area contributed by atoms with Crippen molar-refractivity contribution in [3.8, 4) is 0 Å².